The molecule has 0 heterocycles. The highest BCUT2D eigenvalue weighted by Crippen LogP contribution is 2.24. The van der Waals surface area contributed by atoms with Gasteiger partial charge < -0.3 is 0 Å². The SMILES string of the molecule is [CH2]/C=C(/C)c1cccc2ccccc12. The maximum absolute atomic E-state index is 3.81. The van der Waals surface area contributed by atoms with E-state index in [-0.39, 0.29) is 0 Å². The summed E-state index contributed by atoms with van der Waals surface area (Å²) in [5, 5.41) is 2.58. The Bertz CT molecular complexity index is 473. The lowest BCUT2D eigenvalue weighted by Crippen LogP contribution is -1.82. The van der Waals surface area contributed by atoms with Crippen molar-refractivity contribution < 1.29 is 0 Å². The molecule has 0 aromatic heterocycles. The number of fused-ring (bicyclic) bond motifs is 1. The Morgan fingerprint density at radius 3 is 2.57 bits per heavy atom. The van der Waals surface area contributed by atoms with Crippen molar-refractivity contribution in [1.82, 2.24) is 0 Å². The van der Waals surface area contributed by atoms with Crippen LogP contribution < -0.4 is 0 Å². The first-order valence-corrected chi connectivity index (χ1v) is 4.77. The van der Waals surface area contributed by atoms with E-state index in [0.717, 1.165) is 0 Å². The summed E-state index contributed by atoms with van der Waals surface area (Å²) in [7, 11) is 0. The van der Waals surface area contributed by atoms with Crippen LogP contribution >= 0.6 is 0 Å². The third kappa shape index (κ3) is 1.44. The van der Waals surface area contributed by atoms with E-state index in [1.165, 1.54) is 21.9 Å². The minimum Gasteiger partial charge on any atom is -0.0807 e. The van der Waals surface area contributed by atoms with Gasteiger partial charge in [0.15, 0.2) is 0 Å². The average Bonchev–Trinajstić information content (AvgIpc) is 2.27. The summed E-state index contributed by atoms with van der Waals surface area (Å²) >= 11 is 0. The summed E-state index contributed by atoms with van der Waals surface area (Å²) in [5.74, 6) is 0. The van der Waals surface area contributed by atoms with Gasteiger partial charge in [-0.25, -0.2) is 0 Å². The second-order valence-corrected chi connectivity index (χ2v) is 3.41. The van der Waals surface area contributed by atoms with E-state index < -0.39 is 0 Å². The molecule has 2 aromatic rings. The van der Waals surface area contributed by atoms with E-state index in [4.69, 9.17) is 0 Å². The lowest BCUT2D eigenvalue weighted by molar-refractivity contribution is 1.62. The molecule has 0 spiro atoms. The average molecular weight is 181 g/mol. The molecule has 14 heavy (non-hydrogen) atoms. The molecule has 0 aliphatic carbocycles. The third-order valence-corrected chi connectivity index (χ3v) is 2.52. The van der Waals surface area contributed by atoms with Crippen LogP contribution in [0.25, 0.3) is 16.3 Å². The van der Waals surface area contributed by atoms with Crippen LogP contribution in [0.15, 0.2) is 48.5 Å². The molecule has 0 N–H and O–H groups in total. The summed E-state index contributed by atoms with van der Waals surface area (Å²) in [6.07, 6.45) is 1.90. The zero-order chi connectivity index (χ0) is 9.97. The van der Waals surface area contributed by atoms with Crippen molar-refractivity contribution in [1.29, 1.82) is 0 Å². The van der Waals surface area contributed by atoms with Gasteiger partial charge >= 0.3 is 0 Å². The molecule has 0 fully saturated rings. The quantitative estimate of drug-likeness (QED) is 0.622. The fraction of sp³-hybridized carbons (Fsp3) is 0.0714. The van der Waals surface area contributed by atoms with Crippen molar-refractivity contribution in [3.05, 3.63) is 61.0 Å². The van der Waals surface area contributed by atoms with Gasteiger partial charge in [-0.3, -0.25) is 0 Å². The predicted molar refractivity (Wildman–Crippen MR) is 63.0 cm³/mol. The van der Waals surface area contributed by atoms with E-state index in [1.54, 1.807) is 0 Å². The minimum absolute atomic E-state index is 1.22. The molecule has 2 aromatic carbocycles. The van der Waals surface area contributed by atoms with Crippen molar-refractivity contribution in [3.8, 4) is 0 Å². The fourth-order valence-electron chi connectivity index (χ4n) is 1.68. The third-order valence-electron chi connectivity index (χ3n) is 2.52. The van der Waals surface area contributed by atoms with Gasteiger partial charge in [-0.15, -0.1) is 0 Å². The Labute approximate surface area is 84.9 Å². The molecule has 0 aliphatic rings. The van der Waals surface area contributed by atoms with Crippen LogP contribution in [0.5, 0.6) is 0 Å². The van der Waals surface area contributed by atoms with E-state index in [1.807, 2.05) is 6.08 Å². The van der Waals surface area contributed by atoms with Gasteiger partial charge in [-0.2, -0.15) is 0 Å². The normalized spacial score (nSPS) is 12.0. The number of benzene rings is 2. The van der Waals surface area contributed by atoms with Crippen molar-refractivity contribution in [2.75, 3.05) is 0 Å². The van der Waals surface area contributed by atoms with E-state index in [2.05, 4.69) is 56.3 Å². The van der Waals surface area contributed by atoms with Gasteiger partial charge in [0.1, 0.15) is 0 Å². The monoisotopic (exact) mass is 181 g/mol. The van der Waals surface area contributed by atoms with E-state index >= 15 is 0 Å². The van der Waals surface area contributed by atoms with Gasteiger partial charge in [0.05, 0.1) is 0 Å². The molecule has 1 radical (unpaired) electrons. The minimum atomic E-state index is 1.22. The number of hydrogen-bond acceptors (Lipinski definition) is 0. The fourth-order valence-corrected chi connectivity index (χ4v) is 1.68. The van der Waals surface area contributed by atoms with Crippen molar-refractivity contribution in [2.45, 2.75) is 6.92 Å². The molecule has 0 atom stereocenters. The van der Waals surface area contributed by atoms with Gasteiger partial charge in [0.25, 0.3) is 0 Å². The molecule has 0 saturated carbocycles. The van der Waals surface area contributed by atoms with E-state index in [0.29, 0.717) is 0 Å². The Morgan fingerprint density at radius 1 is 1.07 bits per heavy atom. The summed E-state index contributed by atoms with van der Waals surface area (Å²) in [4.78, 5) is 0. The Morgan fingerprint density at radius 2 is 1.79 bits per heavy atom. The number of allylic oxidation sites excluding steroid dienone is 2. The molecular formula is C14H13. The molecule has 0 heteroatoms. The Kier molecular flexibility index (Phi) is 2.36. The second kappa shape index (κ2) is 3.67. The lowest BCUT2D eigenvalue weighted by Gasteiger charge is -2.05. The highest BCUT2D eigenvalue weighted by Gasteiger charge is 1.99. The van der Waals surface area contributed by atoms with Crippen LogP contribution in [-0.4, -0.2) is 0 Å². The van der Waals surface area contributed by atoms with Gasteiger partial charge in [0.2, 0.25) is 0 Å². The first kappa shape index (κ1) is 9.01. The van der Waals surface area contributed by atoms with E-state index in [9.17, 15) is 0 Å². The Hall–Kier alpha value is -1.56. The predicted octanol–water partition coefficient (Wildman–Crippen LogP) is 4.08. The summed E-state index contributed by atoms with van der Waals surface area (Å²) in [6.45, 7) is 5.90. The second-order valence-electron chi connectivity index (χ2n) is 3.41. The summed E-state index contributed by atoms with van der Waals surface area (Å²) in [6, 6.07) is 14.8. The highest BCUT2D eigenvalue weighted by molar-refractivity contribution is 5.93. The molecule has 0 unspecified atom stereocenters. The summed E-state index contributed by atoms with van der Waals surface area (Å²) in [5.41, 5.74) is 2.50. The number of rotatable bonds is 1. The van der Waals surface area contributed by atoms with Crippen LogP contribution in [0.2, 0.25) is 0 Å². The standard InChI is InChI=1S/C14H13/c1-3-11(2)13-10-6-8-12-7-4-5-9-14(12)13/h3-10H,1H2,2H3/b11-3-. The lowest BCUT2D eigenvalue weighted by atomic mass is 9.99. The summed E-state index contributed by atoms with van der Waals surface area (Å²) < 4.78 is 0. The zero-order valence-corrected chi connectivity index (χ0v) is 8.33. The van der Waals surface area contributed by atoms with Gasteiger partial charge in [-0.1, -0.05) is 48.5 Å². The van der Waals surface area contributed by atoms with Crippen molar-refractivity contribution in [3.63, 3.8) is 0 Å². The van der Waals surface area contributed by atoms with Crippen LogP contribution in [0.1, 0.15) is 12.5 Å². The van der Waals surface area contributed by atoms with Gasteiger partial charge in [-0.05, 0) is 35.8 Å². The molecular weight excluding hydrogens is 168 g/mol. The topological polar surface area (TPSA) is 0 Å². The maximum atomic E-state index is 3.81. The molecule has 2 rings (SSSR count). The van der Waals surface area contributed by atoms with Crippen LogP contribution in [0.3, 0.4) is 0 Å². The molecule has 69 valence electrons. The van der Waals surface area contributed by atoms with Crippen LogP contribution in [-0.2, 0) is 0 Å². The highest BCUT2D eigenvalue weighted by atomic mass is 14.0. The molecule has 0 saturated heterocycles. The molecule has 0 nitrogen and oxygen atoms in total. The molecule has 0 aliphatic heterocycles. The van der Waals surface area contributed by atoms with Gasteiger partial charge in [0, 0.05) is 0 Å². The maximum Gasteiger partial charge on any atom is -0.0109 e. The zero-order valence-electron chi connectivity index (χ0n) is 8.33. The largest absolute Gasteiger partial charge is 0.0807 e. The van der Waals surface area contributed by atoms with Crippen LogP contribution in [0, 0.1) is 6.92 Å². The molecule has 0 bridgehead atoms. The Balaban J connectivity index is 2.77. The molecule has 0 amide bonds. The first-order valence-electron chi connectivity index (χ1n) is 4.77. The smallest absolute Gasteiger partial charge is 0.0109 e. The number of hydrogen-bond donors (Lipinski definition) is 0. The van der Waals surface area contributed by atoms with Crippen molar-refractivity contribution in [2.24, 2.45) is 0 Å². The van der Waals surface area contributed by atoms with Crippen LogP contribution in [0.4, 0.5) is 0 Å². The van der Waals surface area contributed by atoms with Crippen molar-refractivity contribution >= 4 is 16.3 Å². The first-order chi connectivity index (χ1) is 6.83.